The fourth-order valence-electron chi connectivity index (χ4n) is 2.38. The Labute approximate surface area is 98.1 Å². The molecule has 1 rings (SSSR count). The molecule has 1 aliphatic rings. The number of rotatable bonds is 2. The number of Topliss-reactive ketones (excluding diaryl/α,β-unsaturated/α-hetero) is 1. The van der Waals surface area contributed by atoms with Crippen LogP contribution in [0.4, 0.5) is 0 Å². The smallest absolute Gasteiger partial charge is 0.195 e. The van der Waals surface area contributed by atoms with Crippen LogP contribution < -0.4 is 0 Å². The first kappa shape index (κ1) is 12.6. The van der Waals surface area contributed by atoms with Gasteiger partial charge in [-0.15, -0.1) is 12.6 Å². The first-order valence-electron chi connectivity index (χ1n) is 5.50. The highest BCUT2D eigenvalue weighted by Crippen LogP contribution is 2.41. The summed E-state index contributed by atoms with van der Waals surface area (Å²) < 4.78 is 0. The summed E-state index contributed by atoms with van der Waals surface area (Å²) in [5, 5.41) is 0. The van der Waals surface area contributed by atoms with Crippen LogP contribution in [0.2, 0.25) is 0 Å². The van der Waals surface area contributed by atoms with E-state index in [1.54, 1.807) is 6.08 Å². The van der Waals surface area contributed by atoms with Gasteiger partial charge in [0.05, 0.1) is 0 Å². The summed E-state index contributed by atoms with van der Waals surface area (Å²) in [6.07, 6.45) is 5.11. The number of hydrogen-bond donors (Lipinski definition) is 1. The highest BCUT2D eigenvalue weighted by Gasteiger charge is 2.33. The minimum atomic E-state index is 0.0103. The number of allylic oxidation sites excluding steroid dienone is 4. The van der Waals surface area contributed by atoms with Crippen LogP contribution in [-0.2, 0) is 4.79 Å². The molecule has 0 heterocycles. The second-order valence-corrected chi connectivity index (χ2v) is 5.38. The first-order valence-corrected chi connectivity index (χ1v) is 5.95. The Hall–Kier alpha value is -0.500. The van der Waals surface area contributed by atoms with Gasteiger partial charge >= 0.3 is 0 Å². The molecule has 0 fully saturated rings. The van der Waals surface area contributed by atoms with Gasteiger partial charge in [0.1, 0.15) is 0 Å². The predicted octanol–water partition coefficient (Wildman–Crippen LogP) is 3.92. The van der Waals surface area contributed by atoms with E-state index in [0.29, 0.717) is 4.91 Å². The van der Waals surface area contributed by atoms with Crippen LogP contribution in [0.1, 0.15) is 47.0 Å². The molecule has 0 aromatic heterocycles. The minimum absolute atomic E-state index is 0.0103. The van der Waals surface area contributed by atoms with Gasteiger partial charge in [0, 0.05) is 10.5 Å². The third-order valence-electron chi connectivity index (χ3n) is 3.19. The van der Waals surface area contributed by atoms with Crippen molar-refractivity contribution in [2.24, 2.45) is 5.41 Å². The van der Waals surface area contributed by atoms with Crippen LogP contribution >= 0.6 is 12.6 Å². The summed E-state index contributed by atoms with van der Waals surface area (Å²) in [6, 6.07) is 0. The zero-order chi connectivity index (χ0) is 11.6. The van der Waals surface area contributed by atoms with E-state index in [-0.39, 0.29) is 11.2 Å². The summed E-state index contributed by atoms with van der Waals surface area (Å²) in [5.41, 5.74) is 2.23. The van der Waals surface area contributed by atoms with E-state index in [1.165, 1.54) is 12.0 Å². The normalized spacial score (nSPS) is 21.8. The average molecular weight is 224 g/mol. The van der Waals surface area contributed by atoms with Crippen molar-refractivity contribution < 1.29 is 4.79 Å². The molecular weight excluding hydrogens is 204 g/mol. The van der Waals surface area contributed by atoms with Crippen LogP contribution in [0.25, 0.3) is 0 Å². The summed E-state index contributed by atoms with van der Waals surface area (Å²) in [5.74, 6) is 0.114. The van der Waals surface area contributed by atoms with E-state index in [9.17, 15) is 4.79 Å². The molecule has 0 spiro atoms. The van der Waals surface area contributed by atoms with Gasteiger partial charge in [0.2, 0.25) is 0 Å². The number of carbonyl (C=O) groups excluding carboxylic acids is 1. The van der Waals surface area contributed by atoms with Crippen molar-refractivity contribution in [2.45, 2.75) is 47.0 Å². The lowest BCUT2D eigenvalue weighted by atomic mass is 9.71. The maximum atomic E-state index is 12.2. The quantitative estimate of drug-likeness (QED) is 0.556. The number of hydrogen-bond acceptors (Lipinski definition) is 2. The van der Waals surface area contributed by atoms with Gasteiger partial charge in [-0.2, -0.15) is 0 Å². The van der Waals surface area contributed by atoms with Crippen LogP contribution in [-0.4, -0.2) is 5.78 Å². The van der Waals surface area contributed by atoms with E-state index in [1.807, 2.05) is 6.92 Å². The van der Waals surface area contributed by atoms with Crippen molar-refractivity contribution in [3.8, 4) is 0 Å². The molecule has 1 aliphatic carbocycles. The molecule has 0 atom stereocenters. The largest absolute Gasteiger partial charge is 0.288 e. The standard InChI is InChI=1S/C13H20OS/c1-5-10(15)12(14)11-9(2)7-6-8-13(11,3)4/h5,15H,6-8H2,1-4H3/b10-5-. The van der Waals surface area contributed by atoms with Crippen molar-refractivity contribution in [3.63, 3.8) is 0 Å². The van der Waals surface area contributed by atoms with Crippen molar-refractivity contribution in [2.75, 3.05) is 0 Å². The molecule has 0 aromatic carbocycles. The number of carbonyl (C=O) groups is 1. The van der Waals surface area contributed by atoms with Crippen molar-refractivity contribution in [1.29, 1.82) is 0 Å². The lowest BCUT2D eigenvalue weighted by Crippen LogP contribution is -2.26. The van der Waals surface area contributed by atoms with E-state index in [2.05, 4.69) is 33.4 Å². The van der Waals surface area contributed by atoms with Crippen LogP contribution in [0, 0.1) is 5.41 Å². The summed E-state index contributed by atoms with van der Waals surface area (Å²) >= 11 is 4.23. The minimum Gasteiger partial charge on any atom is -0.288 e. The van der Waals surface area contributed by atoms with Gasteiger partial charge in [0.15, 0.2) is 5.78 Å². The predicted molar refractivity (Wildman–Crippen MR) is 68.1 cm³/mol. The zero-order valence-electron chi connectivity index (χ0n) is 10.1. The van der Waals surface area contributed by atoms with Gasteiger partial charge in [-0.1, -0.05) is 25.5 Å². The Morgan fingerprint density at radius 3 is 2.53 bits per heavy atom. The van der Waals surface area contributed by atoms with Gasteiger partial charge in [-0.3, -0.25) is 4.79 Å². The molecule has 0 radical (unpaired) electrons. The SMILES string of the molecule is C/C=C(\S)C(=O)C1=C(C)CCCC1(C)C. The molecule has 0 saturated heterocycles. The molecule has 0 bridgehead atoms. The lowest BCUT2D eigenvalue weighted by molar-refractivity contribution is -0.112. The Balaban J connectivity index is 3.15. The zero-order valence-corrected chi connectivity index (χ0v) is 10.9. The molecule has 0 saturated carbocycles. The Bertz CT molecular complexity index is 334. The second-order valence-electron chi connectivity index (χ2n) is 4.90. The lowest BCUT2D eigenvalue weighted by Gasteiger charge is -2.33. The third-order valence-corrected chi connectivity index (χ3v) is 3.65. The molecule has 0 aliphatic heterocycles. The molecule has 0 N–H and O–H groups in total. The highest BCUT2D eigenvalue weighted by molar-refractivity contribution is 7.85. The molecule has 0 unspecified atom stereocenters. The molecular formula is C13H20OS. The number of thiol groups is 1. The van der Waals surface area contributed by atoms with Crippen LogP contribution in [0.3, 0.4) is 0 Å². The molecule has 15 heavy (non-hydrogen) atoms. The summed E-state index contributed by atoms with van der Waals surface area (Å²) in [7, 11) is 0. The topological polar surface area (TPSA) is 17.1 Å². The summed E-state index contributed by atoms with van der Waals surface area (Å²) in [4.78, 5) is 12.7. The van der Waals surface area contributed by atoms with E-state index in [0.717, 1.165) is 18.4 Å². The summed E-state index contributed by atoms with van der Waals surface area (Å²) in [6.45, 7) is 8.23. The fourth-order valence-corrected chi connectivity index (χ4v) is 2.50. The maximum absolute atomic E-state index is 12.2. The molecule has 2 heteroatoms. The van der Waals surface area contributed by atoms with E-state index >= 15 is 0 Å². The van der Waals surface area contributed by atoms with Crippen molar-refractivity contribution in [3.05, 3.63) is 22.1 Å². The second kappa shape index (κ2) is 4.56. The van der Waals surface area contributed by atoms with Gasteiger partial charge in [-0.25, -0.2) is 0 Å². The Kier molecular flexibility index (Phi) is 3.82. The molecule has 0 amide bonds. The maximum Gasteiger partial charge on any atom is 0.195 e. The van der Waals surface area contributed by atoms with Crippen LogP contribution in [0.15, 0.2) is 22.1 Å². The Morgan fingerprint density at radius 1 is 1.47 bits per heavy atom. The third kappa shape index (κ3) is 2.54. The Morgan fingerprint density at radius 2 is 2.07 bits per heavy atom. The van der Waals surface area contributed by atoms with Crippen molar-refractivity contribution >= 4 is 18.4 Å². The van der Waals surface area contributed by atoms with Crippen LogP contribution in [0.5, 0.6) is 0 Å². The van der Waals surface area contributed by atoms with Crippen molar-refractivity contribution in [1.82, 2.24) is 0 Å². The molecule has 0 aromatic rings. The van der Waals surface area contributed by atoms with Gasteiger partial charge in [-0.05, 0) is 38.5 Å². The van der Waals surface area contributed by atoms with Gasteiger partial charge in [0.25, 0.3) is 0 Å². The first-order chi connectivity index (χ1) is 6.90. The van der Waals surface area contributed by atoms with E-state index < -0.39 is 0 Å². The van der Waals surface area contributed by atoms with E-state index in [4.69, 9.17) is 0 Å². The fraction of sp³-hybridized carbons (Fsp3) is 0.615. The highest BCUT2D eigenvalue weighted by atomic mass is 32.1. The number of ketones is 1. The molecule has 84 valence electrons. The average Bonchev–Trinajstić information content (AvgIpc) is 2.14. The molecule has 1 nitrogen and oxygen atoms in total. The van der Waals surface area contributed by atoms with Gasteiger partial charge < -0.3 is 0 Å². The monoisotopic (exact) mass is 224 g/mol.